The molecule has 0 radical (unpaired) electrons. The van der Waals surface area contributed by atoms with Crippen molar-refractivity contribution in [2.75, 3.05) is 18.1 Å². The maximum Gasteiger partial charge on any atom is 0.322 e. The molecule has 1 aromatic carbocycles. The Labute approximate surface area is 122 Å². The lowest BCUT2D eigenvalue weighted by atomic mass is 10.0. The number of aliphatic carboxylic acids is 1. The molecule has 1 fully saturated rings. The van der Waals surface area contributed by atoms with E-state index in [-0.39, 0.29) is 25.3 Å². The van der Waals surface area contributed by atoms with Crippen molar-refractivity contribution in [3.63, 3.8) is 0 Å². The van der Waals surface area contributed by atoms with E-state index in [0.717, 1.165) is 17.7 Å². The molecular formula is C15H18N2O4. The quantitative estimate of drug-likeness (QED) is 0.859. The van der Waals surface area contributed by atoms with E-state index in [9.17, 15) is 9.59 Å². The molecule has 21 heavy (non-hydrogen) atoms. The van der Waals surface area contributed by atoms with Crippen LogP contribution in [0, 0.1) is 5.92 Å². The van der Waals surface area contributed by atoms with Crippen LogP contribution in [-0.2, 0) is 16.0 Å². The Morgan fingerprint density at radius 2 is 2.10 bits per heavy atom. The highest BCUT2D eigenvalue weighted by Crippen LogP contribution is 2.32. The first-order valence-corrected chi connectivity index (χ1v) is 7.06. The van der Waals surface area contributed by atoms with Crippen molar-refractivity contribution in [3.05, 3.63) is 29.8 Å². The van der Waals surface area contributed by atoms with E-state index >= 15 is 0 Å². The van der Waals surface area contributed by atoms with Gasteiger partial charge >= 0.3 is 12.0 Å². The summed E-state index contributed by atoms with van der Waals surface area (Å²) in [5.41, 5.74) is 2.03. The molecule has 1 saturated heterocycles. The van der Waals surface area contributed by atoms with Gasteiger partial charge in [-0.1, -0.05) is 18.2 Å². The molecule has 2 aliphatic heterocycles. The lowest BCUT2D eigenvalue weighted by Crippen LogP contribution is -2.50. The van der Waals surface area contributed by atoms with Gasteiger partial charge in [0.05, 0.1) is 19.3 Å². The van der Waals surface area contributed by atoms with Gasteiger partial charge in [0, 0.05) is 11.7 Å². The Morgan fingerprint density at radius 3 is 2.86 bits per heavy atom. The monoisotopic (exact) mass is 290 g/mol. The number of carboxylic acid groups (broad SMARTS) is 1. The third kappa shape index (κ3) is 2.47. The molecule has 112 valence electrons. The summed E-state index contributed by atoms with van der Waals surface area (Å²) in [6.07, 6.45) is 0.813. The van der Waals surface area contributed by atoms with E-state index in [0.29, 0.717) is 0 Å². The number of ether oxygens (including phenoxy) is 1. The van der Waals surface area contributed by atoms with Crippen molar-refractivity contribution in [1.82, 2.24) is 5.32 Å². The summed E-state index contributed by atoms with van der Waals surface area (Å²) < 4.78 is 5.18. The fourth-order valence-corrected chi connectivity index (χ4v) is 3.04. The zero-order valence-electron chi connectivity index (χ0n) is 11.8. The van der Waals surface area contributed by atoms with Crippen molar-refractivity contribution in [2.24, 2.45) is 5.92 Å². The number of amides is 2. The average molecular weight is 290 g/mol. The maximum atomic E-state index is 12.5. The van der Waals surface area contributed by atoms with Gasteiger partial charge < -0.3 is 15.2 Å². The summed E-state index contributed by atoms with van der Waals surface area (Å²) in [7, 11) is 0. The third-order valence-corrected chi connectivity index (χ3v) is 4.13. The zero-order chi connectivity index (χ0) is 15.0. The highest BCUT2D eigenvalue weighted by molar-refractivity contribution is 5.95. The molecule has 2 aliphatic rings. The number of hydrogen-bond acceptors (Lipinski definition) is 3. The number of benzene rings is 1. The second-order valence-electron chi connectivity index (χ2n) is 5.59. The third-order valence-electron chi connectivity index (χ3n) is 4.13. The van der Waals surface area contributed by atoms with Gasteiger partial charge in [0.25, 0.3) is 0 Å². The molecule has 3 unspecified atom stereocenters. The molecule has 3 rings (SSSR count). The molecule has 1 aromatic rings. The maximum absolute atomic E-state index is 12.5. The van der Waals surface area contributed by atoms with Gasteiger partial charge in [0.2, 0.25) is 0 Å². The number of para-hydroxylation sites is 1. The standard InChI is InChI=1S/C15H18N2O4/c1-9-6-10-4-2-3-5-13(10)17(9)15(20)16-12-8-21-7-11(12)14(18)19/h2-5,9,11-12H,6-8H2,1H3,(H,16,20)(H,18,19). The molecule has 2 N–H and O–H groups in total. The second-order valence-corrected chi connectivity index (χ2v) is 5.59. The van der Waals surface area contributed by atoms with E-state index in [2.05, 4.69) is 5.32 Å². The molecule has 3 atom stereocenters. The number of anilines is 1. The molecular weight excluding hydrogens is 272 g/mol. The minimum absolute atomic E-state index is 0.0630. The van der Waals surface area contributed by atoms with Crippen LogP contribution in [0.4, 0.5) is 10.5 Å². The van der Waals surface area contributed by atoms with Crippen molar-refractivity contribution in [2.45, 2.75) is 25.4 Å². The van der Waals surface area contributed by atoms with E-state index < -0.39 is 17.9 Å². The van der Waals surface area contributed by atoms with Gasteiger partial charge in [-0.05, 0) is 25.0 Å². The Morgan fingerprint density at radius 1 is 1.33 bits per heavy atom. The molecule has 6 nitrogen and oxygen atoms in total. The van der Waals surface area contributed by atoms with Gasteiger partial charge in [-0.25, -0.2) is 4.79 Å². The number of hydrogen-bond donors (Lipinski definition) is 2. The fraction of sp³-hybridized carbons (Fsp3) is 0.467. The number of urea groups is 1. The van der Waals surface area contributed by atoms with E-state index in [1.807, 2.05) is 31.2 Å². The van der Waals surface area contributed by atoms with Gasteiger partial charge in [-0.2, -0.15) is 0 Å². The van der Waals surface area contributed by atoms with Crippen LogP contribution in [0.2, 0.25) is 0 Å². The number of nitrogens with one attached hydrogen (secondary N) is 1. The molecule has 2 amide bonds. The zero-order valence-corrected chi connectivity index (χ0v) is 11.8. The highest BCUT2D eigenvalue weighted by atomic mass is 16.5. The number of nitrogens with zero attached hydrogens (tertiary/aromatic N) is 1. The Kier molecular flexibility index (Phi) is 3.55. The molecule has 0 bridgehead atoms. The predicted octanol–water partition coefficient (Wildman–Crippen LogP) is 1.25. The first-order valence-electron chi connectivity index (χ1n) is 7.06. The van der Waals surface area contributed by atoms with Crippen molar-refractivity contribution >= 4 is 17.7 Å². The van der Waals surface area contributed by atoms with Crippen LogP contribution < -0.4 is 10.2 Å². The SMILES string of the molecule is CC1Cc2ccccc2N1C(=O)NC1COCC1C(=O)O. The summed E-state index contributed by atoms with van der Waals surface area (Å²) in [6, 6.07) is 7.11. The smallest absolute Gasteiger partial charge is 0.322 e. The summed E-state index contributed by atoms with van der Waals surface area (Å²) in [4.78, 5) is 25.3. The van der Waals surface area contributed by atoms with Crippen LogP contribution in [0.15, 0.2) is 24.3 Å². The summed E-state index contributed by atoms with van der Waals surface area (Å²) in [6.45, 7) is 2.37. The normalized spacial score (nSPS) is 27.5. The van der Waals surface area contributed by atoms with Crippen molar-refractivity contribution in [1.29, 1.82) is 0 Å². The topological polar surface area (TPSA) is 78.9 Å². The van der Waals surface area contributed by atoms with Crippen molar-refractivity contribution < 1.29 is 19.4 Å². The van der Waals surface area contributed by atoms with E-state index in [1.54, 1.807) is 4.90 Å². The fourth-order valence-electron chi connectivity index (χ4n) is 3.04. The van der Waals surface area contributed by atoms with Gasteiger partial charge in [0.1, 0.15) is 5.92 Å². The first kappa shape index (κ1) is 13.9. The largest absolute Gasteiger partial charge is 0.481 e. The minimum Gasteiger partial charge on any atom is -0.481 e. The van der Waals surface area contributed by atoms with Gasteiger partial charge in [-0.3, -0.25) is 9.69 Å². The van der Waals surface area contributed by atoms with Crippen LogP contribution in [0.5, 0.6) is 0 Å². The molecule has 0 aromatic heterocycles. The van der Waals surface area contributed by atoms with Crippen LogP contribution in [0.25, 0.3) is 0 Å². The number of fused-ring (bicyclic) bond motifs is 1. The van der Waals surface area contributed by atoms with Crippen LogP contribution in [-0.4, -0.2) is 42.4 Å². The molecule has 0 aliphatic carbocycles. The van der Waals surface area contributed by atoms with Crippen LogP contribution in [0.3, 0.4) is 0 Å². The number of carboxylic acids is 1. The molecule has 0 spiro atoms. The Hall–Kier alpha value is -2.08. The van der Waals surface area contributed by atoms with E-state index in [4.69, 9.17) is 9.84 Å². The Balaban J connectivity index is 1.75. The lowest BCUT2D eigenvalue weighted by Gasteiger charge is -2.26. The number of rotatable bonds is 2. The van der Waals surface area contributed by atoms with Gasteiger partial charge in [0.15, 0.2) is 0 Å². The second kappa shape index (κ2) is 5.37. The van der Waals surface area contributed by atoms with Crippen molar-refractivity contribution in [3.8, 4) is 0 Å². The minimum atomic E-state index is -0.937. The summed E-state index contributed by atoms with van der Waals surface area (Å²) >= 11 is 0. The summed E-state index contributed by atoms with van der Waals surface area (Å²) in [5, 5.41) is 11.9. The van der Waals surface area contributed by atoms with E-state index in [1.165, 1.54) is 0 Å². The predicted molar refractivity (Wildman–Crippen MR) is 76.4 cm³/mol. The van der Waals surface area contributed by atoms with Crippen LogP contribution >= 0.6 is 0 Å². The lowest BCUT2D eigenvalue weighted by molar-refractivity contribution is -0.142. The van der Waals surface area contributed by atoms with Crippen LogP contribution in [0.1, 0.15) is 12.5 Å². The van der Waals surface area contributed by atoms with Gasteiger partial charge in [-0.15, -0.1) is 0 Å². The number of carbonyl (C=O) groups is 2. The summed E-state index contributed by atoms with van der Waals surface area (Å²) in [5.74, 6) is -1.62. The molecule has 6 heteroatoms. The molecule has 0 saturated carbocycles. The average Bonchev–Trinajstić information content (AvgIpc) is 3.01. The Bertz CT molecular complexity index is 575. The number of carbonyl (C=O) groups excluding carboxylic acids is 1. The molecule has 2 heterocycles. The highest BCUT2D eigenvalue weighted by Gasteiger charge is 2.38. The first-order chi connectivity index (χ1) is 10.1.